The molecule has 4 aromatic rings. The van der Waals surface area contributed by atoms with E-state index >= 15 is 0 Å². The van der Waals surface area contributed by atoms with E-state index in [1.807, 2.05) is 37.3 Å². The van der Waals surface area contributed by atoms with Crippen LogP contribution in [0.2, 0.25) is 5.02 Å². The van der Waals surface area contributed by atoms with Gasteiger partial charge in [0.25, 0.3) is 10.0 Å². The summed E-state index contributed by atoms with van der Waals surface area (Å²) in [5.41, 5.74) is 1.89. The van der Waals surface area contributed by atoms with Crippen LogP contribution in [-0.4, -0.2) is 51.4 Å². The lowest BCUT2D eigenvalue weighted by Crippen LogP contribution is -2.53. The smallest absolute Gasteiger partial charge is 0.264 e. The van der Waals surface area contributed by atoms with Gasteiger partial charge in [-0.3, -0.25) is 13.9 Å². The molecule has 0 unspecified atom stereocenters. The summed E-state index contributed by atoms with van der Waals surface area (Å²) in [4.78, 5) is 29.6. The van der Waals surface area contributed by atoms with Crippen molar-refractivity contribution in [1.29, 1.82) is 0 Å². The number of methoxy groups -OCH3 is 1. The standard InChI is InChI=1S/C34H36ClN3O5S/c1-3-22-36-34(40)32(23-26-10-6-4-7-11-26)37(24-27-14-16-28(35)17-15-27)33(39)25-38(29-18-20-30(43-2)21-19-29)44(41,42)31-12-8-5-9-13-31/h4-21,32H,3,22-25H2,1-2H3,(H,36,40)/t32-/m1/s1. The Labute approximate surface area is 264 Å². The molecule has 8 nitrogen and oxygen atoms in total. The average Bonchev–Trinajstić information content (AvgIpc) is 3.05. The van der Waals surface area contributed by atoms with E-state index in [-0.39, 0.29) is 29.5 Å². The van der Waals surface area contributed by atoms with Gasteiger partial charge in [-0.05, 0) is 66.1 Å². The third kappa shape index (κ3) is 8.39. The van der Waals surface area contributed by atoms with Crippen LogP contribution in [0.25, 0.3) is 0 Å². The second kappa shape index (κ2) is 15.4. The van der Waals surface area contributed by atoms with E-state index in [9.17, 15) is 18.0 Å². The number of rotatable bonds is 14. The minimum Gasteiger partial charge on any atom is -0.497 e. The predicted molar refractivity (Wildman–Crippen MR) is 173 cm³/mol. The average molecular weight is 634 g/mol. The van der Waals surface area contributed by atoms with Crippen molar-refractivity contribution in [3.8, 4) is 5.75 Å². The largest absolute Gasteiger partial charge is 0.497 e. The van der Waals surface area contributed by atoms with E-state index in [4.69, 9.17) is 16.3 Å². The van der Waals surface area contributed by atoms with Gasteiger partial charge in [0.1, 0.15) is 18.3 Å². The number of anilines is 1. The SMILES string of the molecule is CCCNC(=O)[C@@H](Cc1ccccc1)N(Cc1ccc(Cl)cc1)C(=O)CN(c1ccc(OC)cc1)S(=O)(=O)c1ccccc1. The lowest BCUT2D eigenvalue weighted by molar-refractivity contribution is -0.140. The predicted octanol–water partition coefficient (Wildman–Crippen LogP) is 5.71. The highest BCUT2D eigenvalue weighted by Crippen LogP contribution is 2.27. The van der Waals surface area contributed by atoms with Gasteiger partial charge < -0.3 is 15.0 Å². The van der Waals surface area contributed by atoms with Crippen molar-refractivity contribution >= 4 is 39.1 Å². The lowest BCUT2D eigenvalue weighted by atomic mass is 10.0. The van der Waals surface area contributed by atoms with Crippen LogP contribution >= 0.6 is 11.6 Å². The van der Waals surface area contributed by atoms with E-state index in [2.05, 4.69) is 5.32 Å². The molecule has 1 N–H and O–H groups in total. The Morgan fingerprint density at radius 1 is 0.841 bits per heavy atom. The van der Waals surface area contributed by atoms with Crippen molar-refractivity contribution in [1.82, 2.24) is 10.2 Å². The maximum Gasteiger partial charge on any atom is 0.264 e. The summed E-state index contributed by atoms with van der Waals surface area (Å²) >= 11 is 6.13. The molecule has 44 heavy (non-hydrogen) atoms. The van der Waals surface area contributed by atoms with Crippen molar-refractivity contribution in [2.75, 3.05) is 24.5 Å². The Bertz CT molecular complexity index is 1620. The summed E-state index contributed by atoms with van der Waals surface area (Å²) in [5.74, 6) is -0.320. The number of benzene rings is 4. The number of nitrogens with zero attached hydrogens (tertiary/aromatic N) is 2. The zero-order valence-corrected chi connectivity index (χ0v) is 26.3. The molecule has 10 heteroatoms. The van der Waals surface area contributed by atoms with Crippen LogP contribution in [0.15, 0.2) is 114 Å². The highest BCUT2D eigenvalue weighted by molar-refractivity contribution is 7.92. The number of hydrogen-bond acceptors (Lipinski definition) is 5. The van der Waals surface area contributed by atoms with Gasteiger partial charge in [0.05, 0.1) is 17.7 Å². The molecule has 0 aliphatic carbocycles. The van der Waals surface area contributed by atoms with E-state index in [0.29, 0.717) is 17.3 Å². The maximum absolute atomic E-state index is 14.4. The second-order valence-corrected chi connectivity index (χ2v) is 12.5. The van der Waals surface area contributed by atoms with Crippen molar-refractivity contribution in [3.05, 3.63) is 125 Å². The molecule has 0 spiro atoms. The number of hydrogen-bond donors (Lipinski definition) is 1. The normalized spacial score (nSPS) is 11.8. The van der Waals surface area contributed by atoms with E-state index in [1.165, 1.54) is 24.1 Å². The Hall–Kier alpha value is -4.34. The Kier molecular flexibility index (Phi) is 11.4. The monoisotopic (exact) mass is 633 g/mol. The van der Waals surface area contributed by atoms with Crippen LogP contribution < -0.4 is 14.4 Å². The van der Waals surface area contributed by atoms with Gasteiger partial charge in [0, 0.05) is 24.5 Å². The van der Waals surface area contributed by atoms with Gasteiger partial charge in [0.15, 0.2) is 0 Å². The molecule has 230 valence electrons. The number of carbonyl (C=O) groups is 2. The lowest BCUT2D eigenvalue weighted by Gasteiger charge is -2.34. The fourth-order valence-corrected chi connectivity index (χ4v) is 6.26. The van der Waals surface area contributed by atoms with Gasteiger partial charge in [-0.15, -0.1) is 0 Å². The van der Waals surface area contributed by atoms with Crippen molar-refractivity contribution in [3.63, 3.8) is 0 Å². The highest BCUT2D eigenvalue weighted by Gasteiger charge is 2.34. The third-order valence-corrected chi connectivity index (χ3v) is 9.10. The first-order chi connectivity index (χ1) is 21.2. The minimum atomic E-state index is -4.17. The first-order valence-electron chi connectivity index (χ1n) is 14.3. The molecule has 4 aromatic carbocycles. The maximum atomic E-state index is 14.4. The molecule has 1 atom stereocenters. The molecule has 0 aromatic heterocycles. The van der Waals surface area contributed by atoms with Crippen LogP contribution in [0.1, 0.15) is 24.5 Å². The van der Waals surface area contributed by atoms with Crippen LogP contribution in [0.4, 0.5) is 5.69 Å². The van der Waals surface area contributed by atoms with E-state index in [1.54, 1.807) is 66.7 Å². The number of amides is 2. The summed E-state index contributed by atoms with van der Waals surface area (Å²) in [6.45, 7) is 1.91. The second-order valence-electron chi connectivity index (χ2n) is 10.2. The quantitative estimate of drug-likeness (QED) is 0.192. The number of carbonyl (C=O) groups excluding carboxylic acids is 2. The van der Waals surface area contributed by atoms with Crippen molar-refractivity contribution in [2.45, 2.75) is 37.2 Å². The van der Waals surface area contributed by atoms with Crippen molar-refractivity contribution < 1.29 is 22.7 Å². The van der Waals surface area contributed by atoms with E-state index < -0.39 is 28.5 Å². The minimum absolute atomic E-state index is 0.0365. The van der Waals surface area contributed by atoms with Crippen molar-refractivity contribution in [2.24, 2.45) is 0 Å². The summed E-state index contributed by atoms with van der Waals surface area (Å²) in [6.07, 6.45) is 0.958. The summed E-state index contributed by atoms with van der Waals surface area (Å²) < 4.78 is 34.3. The van der Waals surface area contributed by atoms with Crippen LogP contribution in [0.5, 0.6) is 5.75 Å². The summed E-state index contributed by atoms with van der Waals surface area (Å²) in [7, 11) is -2.66. The molecular weight excluding hydrogens is 598 g/mol. The first kappa shape index (κ1) is 32.6. The van der Waals surface area contributed by atoms with Crippen LogP contribution in [0, 0.1) is 0 Å². The Morgan fingerprint density at radius 3 is 2.05 bits per heavy atom. The number of sulfonamides is 1. The van der Waals surface area contributed by atoms with Gasteiger partial charge in [-0.2, -0.15) is 0 Å². The highest BCUT2D eigenvalue weighted by atomic mass is 35.5. The molecule has 0 saturated heterocycles. The molecule has 0 radical (unpaired) electrons. The molecule has 0 aliphatic rings. The molecular formula is C34H36ClN3O5S. The molecule has 0 fully saturated rings. The molecule has 0 heterocycles. The Morgan fingerprint density at radius 2 is 1.45 bits per heavy atom. The van der Waals surface area contributed by atoms with Gasteiger partial charge in [-0.1, -0.05) is 79.2 Å². The summed E-state index contributed by atoms with van der Waals surface area (Å²) in [5, 5.41) is 3.47. The zero-order valence-electron chi connectivity index (χ0n) is 24.7. The third-order valence-electron chi connectivity index (χ3n) is 7.06. The summed E-state index contributed by atoms with van der Waals surface area (Å²) in [6, 6.07) is 29.9. The van der Waals surface area contributed by atoms with Gasteiger partial charge in [-0.25, -0.2) is 8.42 Å². The van der Waals surface area contributed by atoms with Gasteiger partial charge in [0.2, 0.25) is 11.8 Å². The van der Waals surface area contributed by atoms with E-state index in [0.717, 1.165) is 21.9 Å². The molecule has 0 saturated carbocycles. The first-order valence-corrected chi connectivity index (χ1v) is 16.1. The van der Waals surface area contributed by atoms with Crippen LogP contribution in [0.3, 0.4) is 0 Å². The Balaban J connectivity index is 1.78. The fraction of sp³-hybridized carbons (Fsp3) is 0.235. The number of nitrogens with one attached hydrogen (secondary N) is 1. The zero-order chi connectivity index (χ0) is 31.5. The van der Waals surface area contributed by atoms with Gasteiger partial charge >= 0.3 is 0 Å². The molecule has 0 bridgehead atoms. The molecule has 4 rings (SSSR count). The number of ether oxygens (including phenoxy) is 1. The fourth-order valence-electron chi connectivity index (χ4n) is 4.70. The number of halogens is 1. The molecule has 2 amide bonds. The van der Waals surface area contributed by atoms with Crippen LogP contribution in [-0.2, 0) is 32.6 Å². The molecule has 0 aliphatic heterocycles. The topological polar surface area (TPSA) is 96.0 Å².